The average Bonchev–Trinajstić information content (AvgIpc) is 3.31. The van der Waals surface area contributed by atoms with E-state index in [1.807, 2.05) is 37.3 Å². The first-order valence-corrected chi connectivity index (χ1v) is 13.4. The third-order valence-corrected chi connectivity index (χ3v) is 7.66. The molecule has 1 aliphatic rings. The van der Waals surface area contributed by atoms with Gasteiger partial charge in [-0.3, -0.25) is 4.79 Å². The zero-order valence-corrected chi connectivity index (χ0v) is 20.9. The Labute approximate surface area is 214 Å². The zero-order chi connectivity index (χ0) is 24.8. The van der Waals surface area contributed by atoms with Gasteiger partial charge in [0.15, 0.2) is 5.03 Å². The van der Waals surface area contributed by atoms with E-state index in [1.54, 1.807) is 11.6 Å². The monoisotopic (exact) mass is 512 g/mol. The Morgan fingerprint density at radius 2 is 1.97 bits per heavy atom. The summed E-state index contributed by atoms with van der Waals surface area (Å²) in [6, 6.07) is 16.4. The molecule has 0 fully saturated rings. The maximum atomic E-state index is 12.3. The zero-order valence-electron chi connectivity index (χ0n) is 20.1. The maximum Gasteiger partial charge on any atom is 0.259 e. The molecule has 2 atom stereocenters. The van der Waals surface area contributed by atoms with Gasteiger partial charge in [0.25, 0.3) is 10.0 Å². The normalized spacial score (nSPS) is 17.1. The molecule has 8 nitrogen and oxygen atoms in total. The summed E-state index contributed by atoms with van der Waals surface area (Å²) < 4.78 is 34.7. The molecular weight excluding hydrogens is 476 g/mol. The minimum atomic E-state index is -3.68. The van der Waals surface area contributed by atoms with Crippen molar-refractivity contribution >= 4 is 15.9 Å². The van der Waals surface area contributed by atoms with Crippen LogP contribution in [0.1, 0.15) is 49.8 Å². The van der Waals surface area contributed by atoms with E-state index in [2.05, 4.69) is 33.2 Å². The number of aromatic nitrogens is 2. The lowest BCUT2D eigenvalue weighted by molar-refractivity contribution is -0.121. The number of carbonyl (C=O) groups excluding carboxylic acids is 1. The summed E-state index contributed by atoms with van der Waals surface area (Å²) in [6.45, 7) is 2.18. The van der Waals surface area contributed by atoms with Crippen LogP contribution in [0.15, 0.2) is 66.1 Å². The van der Waals surface area contributed by atoms with Crippen LogP contribution in [-0.2, 0) is 34.7 Å². The van der Waals surface area contributed by atoms with Crippen LogP contribution in [0.25, 0.3) is 0 Å². The van der Waals surface area contributed by atoms with Crippen molar-refractivity contribution in [1.82, 2.24) is 19.6 Å². The topological polar surface area (TPSA) is 102 Å². The fraction of sp³-hybridized carbons (Fsp3) is 0.407. The summed E-state index contributed by atoms with van der Waals surface area (Å²) in [6.07, 6.45) is 5.95. The van der Waals surface area contributed by atoms with Crippen LogP contribution in [-0.4, -0.2) is 43.1 Å². The lowest BCUT2D eigenvalue weighted by atomic mass is 9.76. The molecule has 0 radical (unpaired) electrons. The molecule has 0 bridgehead atoms. The van der Waals surface area contributed by atoms with E-state index < -0.39 is 10.0 Å². The largest absolute Gasteiger partial charge is 0.492 e. The number of fused-ring (bicyclic) bond motifs is 1. The van der Waals surface area contributed by atoms with E-state index >= 15 is 0 Å². The second kappa shape index (κ2) is 12.2. The fourth-order valence-corrected chi connectivity index (χ4v) is 5.50. The minimum absolute atomic E-state index is 0. The van der Waals surface area contributed by atoms with E-state index in [0.717, 1.165) is 19.3 Å². The Balaban J connectivity index is 0.00000361. The maximum absolute atomic E-state index is 12.3. The third kappa shape index (κ3) is 6.73. The summed E-state index contributed by atoms with van der Waals surface area (Å²) in [5.41, 5.74) is 3.65. The molecule has 36 heavy (non-hydrogen) atoms. The lowest BCUT2D eigenvalue weighted by Gasteiger charge is -2.35. The van der Waals surface area contributed by atoms with Gasteiger partial charge >= 0.3 is 0 Å². The summed E-state index contributed by atoms with van der Waals surface area (Å²) >= 11 is 0. The number of amides is 1. The number of hydrogen-bond donors (Lipinski definition) is 2. The fourth-order valence-electron chi connectivity index (χ4n) is 4.51. The summed E-state index contributed by atoms with van der Waals surface area (Å²) in [5.74, 6) is 0.869. The smallest absolute Gasteiger partial charge is 0.259 e. The van der Waals surface area contributed by atoms with E-state index in [0.29, 0.717) is 12.2 Å². The van der Waals surface area contributed by atoms with Crippen LogP contribution in [0.4, 0.5) is 0 Å². The molecule has 0 saturated heterocycles. The molecule has 4 rings (SSSR count). The van der Waals surface area contributed by atoms with Gasteiger partial charge in [-0.25, -0.2) is 18.1 Å². The molecule has 1 heterocycles. The van der Waals surface area contributed by atoms with Gasteiger partial charge in [0.1, 0.15) is 12.4 Å². The number of sulfonamides is 1. The third-order valence-electron chi connectivity index (χ3n) is 6.31. The van der Waals surface area contributed by atoms with Crippen molar-refractivity contribution in [2.24, 2.45) is 7.05 Å². The SMILES string of the molecule is C.CCC(=O)NC1CCc2ccc(OCCNS(=O)(=O)c3cn(C)cn3)cc2C1Cc1ccccc1. The lowest BCUT2D eigenvalue weighted by Crippen LogP contribution is -2.42. The Morgan fingerprint density at radius 3 is 2.67 bits per heavy atom. The van der Waals surface area contributed by atoms with Crippen molar-refractivity contribution in [1.29, 1.82) is 0 Å². The predicted molar refractivity (Wildman–Crippen MR) is 140 cm³/mol. The standard InChI is InChI=1S/C26H32N4O4S.CH4/c1-3-25(31)29-24-12-10-20-9-11-21(16-22(20)23(24)15-19-7-5-4-6-8-19)34-14-13-28-35(32,33)26-17-30(2)18-27-26;/h4-9,11,16-18,23-24,28H,3,10,12-15H2,1-2H3,(H,29,31);1H4. The Hall–Kier alpha value is -3.17. The molecule has 2 aromatic carbocycles. The van der Waals surface area contributed by atoms with Crippen LogP contribution >= 0.6 is 0 Å². The number of nitrogens with zero attached hydrogens (tertiary/aromatic N) is 2. The van der Waals surface area contributed by atoms with E-state index in [9.17, 15) is 13.2 Å². The molecular formula is C27H36N4O4S. The average molecular weight is 513 g/mol. The number of imidazole rings is 1. The molecule has 1 aliphatic carbocycles. The highest BCUT2D eigenvalue weighted by atomic mass is 32.2. The Kier molecular flexibility index (Phi) is 9.28. The molecule has 2 N–H and O–H groups in total. The van der Waals surface area contributed by atoms with Gasteiger partial charge in [0.05, 0.1) is 6.33 Å². The highest BCUT2D eigenvalue weighted by Gasteiger charge is 2.31. The quantitative estimate of drug-likeness (QED) is 0.404. The Morgan fingerprint density at radius 1 is 1.19 bits per heavy atom. The molecule has 9 heteroatoms. The van der Waals surface area contributed by atoms with Crippen molar-refractivity contribution in [3.63, 3.8) is 0 Å². The minimum Gasteiger partial charge on any atom is -0.492 e. The molecule has 3 aromatic rings. The van der Waals surface area contributed by atoms with Crippen LogP contribution in [0, 0.1) is 0 Å². The first-order valence-electron chi connectivity index (χ1n) is 11.9. The van der Waals surface area contributed by atoms with Crippen LogP contribution in [0.3, 0.4) is 0 Å². The van der Waals surface area contributed by atoms with E-state index in [4.69, 9.17) is 4.74 Å². The molecule has 0 aliphatic heterocycles. The van der Waals surface area contributed by atoms with E-state index in [-0.39, 0.29) is 43.5 Å². The Bertz CT molecular complexity index is 1260. The number of ether oxygens (including phenoxy) is 1. The first-order chi connectivity index (χ1) is 16.9. The number of aryl methyl sites for hydroxylation is 2. The van der Waals surface area contributed by atoms with Crippen molar-refractivity contribution in [2.45, 2.75) is 57.0 Å². The second-order valence-corrected chi connectivity index (χ2v) is 10.6. The van der Waals surface area contributed by atoms with Gasteiger partial charge in [-0.2, -0.15) is 0 Å². The van der Waals surface area contributed by atoms with Gasteiger partial charge < -0.3 is 14.6 Å². The summed E-state index contributed by atoms with van der Waals surface area (Å²) in [5, 5.41) is 3.21. The van der Waals surface area contributed by atoms with Gasteiger partial charge in [0, 0.05) is 38.2 Å². The number of carbonyl (C=O) groups is 1. The van der Waals surface area contributed by atoms with Crippen LogP contribution in [0.5, 0.6) is 5.75 Å². The second-order valence-electron chi connectivity index (χ2n) is 8.85. The van der Waals surface area contributed by atoms with Crippen molar-refractivity contribution < 1.29 is 17.9 Å². The van der Waals surface area contributed by atoms with Crippen molar-refractivity contribution in [2.75, 3.05) is 13.2 Å². The van der Waals surface area contributed by atoms with Gasteiger partial charge in [-0.15, -0.1) is 0 Å². The van der Waals surface area contributed by atoms with E-state index in [1.165, 1.54) is 29.2 Å². The molecule has 2 unspecified atom stereocenters. The van der Waals surface area contributed by atoms with Crippen molar-refractivity contribution in [3.05, 3.63) is 77.7 Å². The molecule has 1 amide bonds. The first kappa shape index (κ1) is 27.4. The van der Waals surface area contributed by atoms with Gasteiger partial charge in [-0.05, 0) is 48.1 Å². The van der Waals surface area contributed by atoms with Crippen molar-refractivity contribution in [3.8, 4) is 5.75 Å². The molecule has 0 saturated carbocycles. The van der Waals surface area contributed by atoms with Crippen LogP contribution in [0.2, 0.25) is 0 Å². The van der Waals surface area contributed by atoms with Crippen LogP contribution < -0.4 is 14.8 Å². The molecule has 1 aromatic heterocycles. The molecule has 194 valence electrons. The highest BCUT2D eigenvalue weighted by molar-refractivity contribution is 7.89. The number of benzene rings is 2. The predicted octanol–water partition coefficient (Wildman–Crippen LogP) is 3.58. The number of rotatable bonds is 10. The highest BCUT2D eigenvalue weighted by Crippen LogP contribution is 2.36. The summed E-state index contributed by atoms with van der Waals surface area (Å²) in [7, 11) is -1.96. The number of hydrogen-bond acceptors (Lipinski definition) is 5. The summed E-state index contributed by atoms with van der Waals surface area (Å²) in [4.78, 5) is 16.1. The molecule has 0 spiro atoms. The van der Waals surface area contributed by atoms with Gasteiger partial charge in [0.2, 0.25) is 5.91 Å². The van der Waals surface area contributed by atoms with Gasteiger partial charge in [-0.1, -0.05) is 50.7 Å². The number of nitrogens with one attached hydrogen (secondary N) is 2.